The maximum Gasteiger partial charge on any atom is 0.275 e. The third kappa shape index (κ3) is 2.97. The van der Waals surface area contributed by atoms with Crippen molar-refractivity contribution in [3.8, 4) is 11.3 Å². The molecule has 0 bridgehead atoms. The Balaban J connectivity index is 1.78. The van der Waals surface area contributed by atoms with Crippen LogP contribution in [0.1, 0.15) is 16.2 Å². The highest BCUT2D eigenvalue weighted by atomic mass is 32.1. The van der Waals surface area contributed by atoms with E-state index in [9.17, 15) is 9.18 Å². The van der Waals surface area contributed by atoms with Crippen molar-refractivity contribution in [1.82, 2.24) is 15.2 Å². The third-order valence-electron chi connectivity index (χ3n) is 2.80. The molecule has 21 heavy (non-hydrogen) atoms. The number of H-pyrrole nitrogens is 1. The van der Waals surface area contributed by atoms with Crippen LogP contribution in [0.5, 0.6) is 0 Å². The summed E-state index contributed by atoms with van der Waals surface area (Å²) in [5.74, 6) is -0.628. The molecule has 2 aromatic heterocycles. The fourth-order valence-corrected chi connectivity index (χ4v) is 2.47. The van der Waals surface area contributed by atoms with Crippen molar-refractivity contribution in [1.29, 1.82) is 0 Å². The Morgan fingerprint density at radius 2 is 2.10 bits per heavy atom. The van der Waals surface area contributed by atoms with Crippen molar-refractivity contribution < 1.29 is 9.18 Å². The lowest BCUT2D eigenvalue weighted by Crippen LogP contribution is -2.12. The molecule has 2 N–H and O–H groups in total. The standard InChI is InChI=1S/C14H11FN4OS/c1-8-7-21-14(16-8)17-13(20)12-6-11(18-19-12)9-2-4-10(15)5-3-9/h2-7H,1H3,(H,18,19)(H,16,17,20). The molecule has 5 nitrogen and oxygen atoms in total. The van der Waals surface area contributed by atoms with Gasteiger partial charge in [0, 0.05) is 10.9 Å². The van der Waals surface area contributed by atoms with Gasteiger partial charge in [0.25, 0.3) is 5.91 Å². The van der Waals surface area contributed by atoms with Gasteiger partial charge in [-0.25, -0.2) is 9.37 Å². The van der Waals surface area contributed by atoms with E-state index < -0.39 is 0 Å². The molecule has 106 valence electrons. The van der Waals surface area contributed by atoms with Crippen molar-refractivity contribution in [3.63, 3.8) is 0 Å². The number of carbonyl (C=O) groups excluding carboxylic acids is 1. The van der Waals surface area contributed by atoms with E-state index in [0.717, 1.165) is 11.3 Å². The SMILES string of the molecule is Cc1csc(NC(=O)c2cc(-c3ccc(F)cc3)n[nH]2)n1. The van der Waals surface area contributed by atoms with Crippen LogP contribution in [0.15, 0.2) is 35.7 Å². The zero-order valence-corrected chi connectivity index (χ0v) is 11.9. The highest BCUT2D eigenvalue weighted by molar-refractivity contribution is 7.13. The molecule has 1 aromatic carbocycles. The molecule has 0 atom stereocenters. The smallest absolute Gasteiger partial charge is 0.275 e. The summed E-state index contributed by atoms with van der Waals surface area (Å²) in [6.45, 7) is 1.86. The van der Waals surface area contributed by atoms with E-state index in [1.807, 2.05) is 12.3 Å². The van der Waals surface area contributed by atoms with E-state index in [1.165, 1.54) is 23.5 Å². The zero-order chi connectivity index (χ0) is 14.8. The topological polar surface area (TPSA) is 70.7 Å². The first-order valence-corrected chi connectivity index (χ1v) is 7.04. The summed E-state index contributed by atoms with van der Waals surface area (Å²) in [6.07, 6.45) is 0. The van der Waals surface area contributed by atoms with E-state index in [0.29, 0.717) is 16.5 Å². The molecule has 2 heterocycles. The predicted octanol–water partition coefficient (Wildman–Crippen LogP) is 3.23. The number of nitrogens with one attached hydrogen (secondary N) is 2. The summed E-state index contributed by atoms with van der Waals surface area (Å²) in [7, 11) is 0. The van der Waals surface area contributed by atoms with Gasteiger partial charge in [-0.15, -0.1) is 11.3 Å². The van der Waals surface area contributed by atoms with Gasteiger partial charge in [0.05, 0.1) is 11.4 Å². The molecular weight excluding hydrogens is 291 g/mol. The van der Waals surface area contributed by atoms with Crippen LogP contribution < -0.4 is 5.32 Å². The third-order valence-corrected chi connectivity index (χ3v) is 3.68. The molecule has 7 heteroatoms. The number of aromatic nitrogens is 3. The van der Waals surface area contributed by atoms with Crippen LogP contribution >= 0.6 is 11.3 Å². The Kier molecular flexibility index (Phi) is 3.49. The molecule has 0 aliphatic rings. The lowest BCUT2D eigenvalue weighted by molar-refractivity contribution is 0.102. The first-order valence-electron chi connectivity index (χ1n) is 6.16. The normalized spacial score (nSPS) is 10.6. The van der Waals surface area contributed by atoms with E-state index >= 15 is 0 Å². The Hall–Kier alpha value is -2.54. The first-order chi connectivity index (χ1) is 10.1. The number of halogens is 1. The Morgan fingerprint density at radius 1 is 1.33 bits per heavy atom. The van der Waals surface area contributed by atoms with Gasteiger partial charge in [0.2, 0.25) is 0 Å². The second-order valence-electron chi connectivity index (χ2n) is 4.42. The Morgan fingerprint density at radius 3 is 2.76 bits per heavy atom. The van der Waals surface area contributed by atoms with Crippen molar-refractivity contribution in [2.24, 2.45) is 0 Å². The number of thiazole rings is 1. The van der Waals surface area contributed by atoms with Crippen LogP contribution in [0.2, 0.25) is 0 Å². The highest BCUT2D eigenvalue weighted by Gasteiger charge is 2.12. The summed E-state index contributed by atoms with van der Waals surface area (Å²) in [5.41, 5.74) is 2.49. The van der Waals surface area contributed by atoms with E-state index in [-0.39, 0.29) is 11.7 Å². The quantitative estimate of drug-likeness (QED) is 0.780. The molecule has 0 unspecified atom stereocenters. The van der Waals surface area contributed by atoms with Crippen molar-refractivity contribution in [3.05, 3.63) is 52.9 Å². The van der Waals surface area contributed by atoms with E-state index in [2.05, 4.69) is 20.5 Å². The van der Waals surface area contributed by atoms with Crippen LogP contribution in [0.4, 0.5) is 9.52 Å². The summed E-state index contributed by atoms with van der Waals surface area (Å²) >= 11 is 1.36. The minimum atomic E-state index is -0.315. The van der Waals surface area contributed by atoms with Gasteiger partial charge in [-0.3, -0.25) is 15.2 Å². The summed E-state index contributed by atoms with van der Waals surface area (Å²) in [6, 6.07) is 7.53. The molecule has 0 aliphatic carbocycles. The highest BCUT2D eigenvalue weighted by Crippen LogP contribution is 2.19. The fourth-order valence-electron chi connectivity index (χ4n) is 1.78. The number of rotatable bonds is 3. The number of aryl methyl sites for hydroxylation is 1. The molecule has 3 rings (SSSR count). The van der Waals surface area contributed by atoms with Crippen LogP contribution in [0, 0.1) is 12.7 Å². The number of anilines is 1. The average Bonchev–Trinajstić information content (AvgIpc) is 3.09. The van der Waals surface area contributed by atoms with Gasteiger partial charge in [-0.05, 0) is 37.3 Å². The maximum absolute atomic E-state index is 12.9. The maximum atomic E-state index is 12.9. The Bertz CT molecular complexity index is 778. The summed E-state index contributed by atoms with van der Waals surface area (Å²) in [5, 5.41) is 11.8. The van der Waals surface area contributed by atoms with Gasteiger partial charge in [-0.1, -0.05) is 0 Å². The summed E-state index contributed by atoms with van der Waals surface area (Å²) in [4.78, 5) is 16.2. The number of hydrogen-bond donors (Lipinski definition) is 2. The largest absolute Gasteiger partial charge is 0.297 e. The van der Waals surface area contributed by atoms with Gasteiger partial charge < -0.3 is 0 Å². The number of nitrogens with zero attached hydrogens (tertiary/aromatic N) is 2. The minimum absolute atomic E-state index is 0.314. The van der Waals surface area contributed by atoms with E-state index in [1.54, 1.807) is 18.2 Å². The van der Waals surface area contributed by atoms with Crippen LogP contribution in [-0.2, 0) is 0 Å². The Labute approximate surface area is 123 Å². The van der Waals surface area contributed by atoms with Crippen LogP contribution in [-0.4, -0.2) is 21.1 Å². The predicted molar refractivity (Wildman–Crippen MR) is 78.8 cm³/mol. The number of benzene rings is 1. The fraction of sp³-hybridized carbons (Fsp3) is 0.0714. The van der Waals surface area contributed by atoms with E-state index in [4.69, 9.17) is 0 Å². The molecule has 0 spiro atoms. The molecule has 0 radical (unpaired) electrons. The second-order valence-corrected chi connectivity index (χ2v) is 5.28. The summed E-state index contributed by atoms with van der Waals surface area (Å²) < 4.78 is 12.9. The minimum Gasteiger partial charge on any atom is -0.297 e. The van der Waals surface area contributed by atoms with Crippen LogP contribution in [0.3, 0.4) is 0 Å². The number of carbonyl (C=O) groups is 1. The molecule has 1 amide bonds. The van der Waals surface area contributed by atoms with Gasteiger partial charge in [0.15, 0.2) is 5.13 Å². The molecule has 0 aliphatic heterocycles. The zero-order valence-electron chi connectivity index (χ0n) is 11.1. The van der Waals surface area contributed by atoms with Crippen molar-refractivity contribution in [2.45, 2.75) is 6.92 Å². The van der Waals surface area contributed by atoms with Crippen molar-refractivity contribution >= 4 is 22.4 Å². The lowest BCUT2D eigenvalue weighted by Gasteiger charge is -1.97. The van der Waals surface area contributed by atoms with Gasteiger partial charge in [0.1, 0.15) is 11.5 Å². The average molecular weight is 302 g/mol. The molecule has 0 saturated heterocycles. The second kappa shape index (κ2) is 5.45. The number of aromatic amines is 1. The van der Waals surface area contributed by atoms with Gasteiger partial charge in [-0.2, -0.15) is 5.10 Å². The number of hydrogen-bond acceptors (Lipinski definition) is 4. The van der Waals surface area contributed by atoms with Gasteiger partial charge >= 0.3 is 0 Å². The number of amides is 1. The van der Waals surface area contributed by atoms with Crippen molar-refractivity contribution in [2.75, 3.05) is 5.32 Å². The monoisotopic (exact) mass is 302 g/mol. The van der Waals surface area contributed by atoms with Crippen LogP contribution in [0.25, 0.3) is 11.3 Å². The lowest BCUT2D eigenvalue weighted by atomic mass is 10.1. The molecule has 3 aromatic rings. The molecule has 0 fully saturated rings. The molecular formula is C14H11FN4OS. The molecule has 0 saturated carbocycles. The first kappa shape index (κ1) is 13.4.